The Bertz CT molecular complexity index is 628. The van der Waals surface area contributed by atoms with E-state index in [9.17, 15) is 0 Å². The first-order chi connectivity index (χ1) is 13.3. The number of nitrogens with zero attached hydrogens (tertiary/aromatic N) is 1. The van der Waals surface area contributed by atoms with Crippen LogP contribution in [0.2, 0.25) is 0 Å². The molecule has 28 heavy (non-hydrogen) atoms. The van der Waals surface area contributed by atoms with Gasteiger partial charge in [0.1, 0.15) is 6.73 Å². The Balaban J connectivity index is 1.61. The van der Waals surface area contributed by atoms with Crippen LogP contribution >= 0.6 is 0 Å². The van der Waals surface area contributed by atoms with E-state index < -0.39 is 0 Å². The smallest absolute Gasteiger partial charge is 0.119 e. The zero-order chi connectivity index (χ0) is 20.1. The Morgan fingerprint density at radius 1 is 0.857 bits per heavy atom. The van der Waals surface area contributed by atoms with Crippen LogP contribution in [-0.2, 0) is 4.74 Å². The van der Waals surface area contributed by atoms with Crippen molar-refractivity contribution in [3.8, 4) is 0 Å². The summed E-state index contributed by atoms with van der Waals surface area (Å²) in [6.07, 6.45) is 8.37. The van der Waals surface area contributed by atoms with Crippen LogP contribution in [0.5, 0.6) is 0 Å². The van der Waals surface area contributed by atoms with Gasteiger partial charge < -0.3 is 9.64 Å². The number of ether oxygens (including phenoxy) is 1. The van der Waals surface area contributed by atoms with E-state index in [-0.39, 0.29) is 5.60 Å². The van der Waals surface area contributed by atoms with Crippen LogP contribution in [0.25, 0.3) is 0 Å². The second kappa shape index (κ2) is 7.67. The Hall–Kier alpha value is -1.02. The van der Waals surface area contributed by atoms with Gasteiger partial charge >= 0.3 is 0 Å². The van der Waals surface area contributed by atoms with Crippen LogP contribution in [0.1, 0.15) is 103 Å². The highest BCUT2D eigenvalue weighted by Crippen LogP contribution is 2.57. The topological polar surface area (TPSA) is 12.5 Å². The lowest BCUT2D eigenvalue weighted by atomic mass is 9.54. The maximum absolute atomic E-state index is 6.92. The average Bonchev–Trinajstić information content (AvgIpc) is 2.60. The summed E-state index contributed by atoms with van der Waals surface area (Å²) < 4.78 is 6.92. The van der Waals surface area contributed by atoms with Gasteiger partial charge in [-0.25, -0.2) is 0 Å². The maximum atomic E-state index is 6.92. The SMILES string of the molecule is CC(C)c1cccc(C(C)C)c1N(COC12CC3CC(CC(C3)C1)C2)C(C)C. The quantitative estimate of drug-likeness (QED) is 0.466. The molecule has 156 valence electrons. The highest BCUT2D eigenvalue weighted by Gasteiger charge is 2.51. The van der Waals surface area contributed by atoms with Crippen molar-refractivity contribution in [1.82, 2.24) is 0 Å². The molecule has 5 rings (SSSR count). The summed E-state index contributed by atoms with van der Waals surface area (Å²) in [4.78, 5) is 2.56. The minimum Gasteiger partial charge on any atom is -0.355 e. The second-order valence-corrected chi connectivity index (χ2v) is 11.0. The van der Waals surface area contributed by atoms with Gasteiger partial charge in [-0.3, -0.25) is 0 Å². The van der Waals surface area contributed by atoms with Crippen molar-refractivity contribution < 1.29 is 4.74 Å². The molecule has 0 spiro atoms. The summed E-state index contributed by atoms with van der Waals surface area (Å²) in [5.41, 5.74) is 4.54. The van der Waals surface area contributed by atoms with Crippen molar-refractivity contribution in [2.45, 2.75) is 104 Å². The number of hydrogen-bond donors (Lipinski definition) is 0. The minimum absolute atomic E-state index is 0.173. The van der Waals surface area contributed by atoms with Gasteiger partial charge in [0.25, 0.3) is 0 Å². The Labute approximate surface area is 173 Å². The minimum atomic E-state index is 0.173. The van der Waals surface area contributed by atoms with Gasteiger partial charge in [-0.1, -0.05) is 45.9 Å². The standard InChI is InChI=1S/C26H41NO/c1-17(2)23-8-7-9-24(18(3)4)25(23)27(19(5)6)16-28-26-13-20-10-21(14-26)12-22(11-20)15-26/h7-9,17-22H,10-16H2,1-6H3. The first kappa shape index (κ1) is 20.3. The molecule has 0 atom stereocenters. The lowest BCUT2D eigenvalue weighted by Crippen LogP contribution is -2.53. The third-order valence-electron chi connectivity index (χ3n) is 7.74. The van der Waals surface area contributed by atoms with Crippen molar-refractivity contribution in [3.05, 3.63) is 29.3 Å². The third kappa shape index (κ3) is 3.74. The molecule has 0 radical (unpaired) electrons. The van der Waals surface area contributed by atoms with E-state index >= 15 is 0 Å². The van der Waals surface area contributed by atoms with Gasteiger partial charge in [-0.05, 0) is 93.1 Å². The van der Waals surface area contributed by atoms with Gasteiger partial charge in [-0.15, -0.1) is 0 Å². The van der Waals surface area contributed by atoms with E-state index in [4.69, 9.17) is 4.74 Å². The molecule has 4 aliphatic carbocycles. The first-order valence-corrected chi connectivity index (χ1v) is 11.8. The normalized spacial score (nSPS) is 31.4. The van der Waals surface area contributed by atoms with Crippen LogP contribution in [0.15, 0.2) is 18.2 Å². The number of benzene rings is 1. The summed E-state index contributed by atoms with van der Waals surface area (Å²) in [7, 11) is 0. The summed E-state index contributed by atoms with van der Waals surface area (Å²) in [5.74, 6) is 3.86. The number of para-hydroxylation sites is 1. The molecule has 1 aromatic carbocycles. The Kier molecular flexibility index (Phi) is 5.55. The van der Waals surface area contributed by atoms with Crippen molar-refractivity contribution in [3.63, 3.8) is 0 Å². The molecule has 0 N–H and O–H groups in total. The van der Waals surface area contributed by atoms with Crippen molar-refractivity contribution in [1.29, 1.82) is 0 Å². The number of anilines is 1. The second-order valence-electron chi connectivity index (χ2n) is 11.0. The highest BCUT2D eigenvalue weighted by atomic mass is 16.5. The van der Waals surface area contributed by atoms with E-state index in [2.05, 4.69) is 64.6 Å². The summed E-state index contributed by atoms with van der Waals surface area (Å²) in [5, 5.41) is 0. The van der Waals surface area contributed by atoms with Crippen LogP contribution in [0.3, 0.4) is 0 Å². The van der Waals surface area contributed by atoms with Crippen molar-refractivity contribution in [2.24, 2.45) is 17.8 Å². The van der Waals surface area contributed by atoms with Crippen LogP contribution in [0, 0.1) is 17.8 Å². The lowest BCUT2D eigenvalue weighted by molar-refractivity contribution is -0.162. The zero-order valence-corrected chi connectivity index (χ0v) is 19.0. The molecular weight excluding hydrogens is 342 g/mol. The fourth-order valence-electron chi connectivity index (χ4n) is 6.73. The fourth-order valence-corrected chi connectivity index (χ4v) is 6.73. The van der Waals surface area contributed by atoms with Gasteiger partial charge in [0.15, 0.2) is 0 Å². The van der Waals surface area contributed by atoms with Crippen LogP contribution in [0.4, 0.5) is 5.69 Å². The molecule has 0 amide bonds. The number of hydrogen-bond acceptors (Lipinski definition) is 2. The predicted molar refractivity (Wildman–Crippen MR) is 119 cm³/mol. The highest BCUT2D eigenvalue weighted by molar-refractivity contribution is 5.62. The monoisotopic (exact) mass is 383 g/mol. The predicted octanol–water partition coefficient (Wildman–Crippen LogP) is 7.09. The first-order valence-electron chi connectivity index (χ1n) is 11.8. The van der Waals surface area contributed by atoms with Gasteiger partial charge in [-0.2, -0.15) is 0 Å². The molecule has 2 heteroatoms. The molecule has 4 bridgehead atoms. The van der Waals surface area contributed by atoms with E-state index in [0.717, 1.165) is 24.5 Å². The number of rotatable bonds is 7. The van der Waals surface area contributed by atoms with E-state index in [0.29, 0.717) is 17.9 Å². The third-order valence-corrected chi connectivity index (χ3v) is 7.74. The lowest BCUT2D eigenvalue weighted by Gasteiger charge is -2.56. The maximum Gasteiger partial charge on any atom is 0.119 e. The van der Waals surface area contributed by atoms with Crippen molar-refractivity contribution in [2.75, 3.05) is 11.6 Å². The molecule has 0 heterocycles. The van der Waals surface area contributed by atoms with Crippen molar-refractivity contribution >= 4 is 5.69 Å². The summed E-state index contributed by atoms with van der Waals surface area (Å²) in [6, 6.07) is 7.33. The fraction of sp³-hybridized carbons (Fsp3) is 0.769. The molecule has 0 aromatic heterocycles. The molecule has 0 aliphatic heterocycles. The molecule has 4 fully saturated rings. The van der Waals surface area contributed by atoms with Gasteiger partial charge in [0, 0.05) is 11.7 Å². The van der Waals surface area contributed by atoms with E-state index in [1.165, 1.54) is 55.3 Å². The van der Waals surface area contributed by atoms with E-state index in [1.807, 2.05) is 0 Å². The molecule has 0 saturated heterocycles. The zero-order valence-electron chi connectivity index (χ0n) is 19.0. The largest absolute Gasteiger partial charge is 0.355 e. The Morgan fingerprint density at radius 3 is 1.71 bits per heavy atom. The van der Waals surface area contributed by atoms with Crippen LogP contribution < -0.4 is 4.90 Å². The molecule has 4 aliphatic rings. The van der Waals surface area contributed by atoms with Gasteiger partial charge in [0.05, 0.1) is 5.60 Å². The van der Waals surface area contributed by atoms with Crippen LogP contribution in [-0.4, -0.2) is 18.4 Å². The summed E-state index contributed by atoms with van der Waals surface area (Å²) >= 11 is 0. The average molecular weight is 384 g/mol. The summed E-state index contributed by atoms with van der Waals surface area (Å²) in [6.45, 7) is 14.7. The van der Waals surface area contributed by atoms with Gasteiger partial charge in [0.2, 0.25) is 0 Å². The molecule has 0 unspecified atom stereocenters. The molecule has 4 saturated carbocycles. The molecule has 1 aromatic rings. The molecule has 2 nitrogen and oxygen atoms in total. The Morgan fingerprint density at radius 2 is 1.32 bits per heavy atom. The molecular formula is C26H41NO. The van der Waals surface area contributed by atoms with E-state index in [1.54, 1.807) is 0 Å².